The van der Waals surface area contributed by atoms with Crippen LogP contribution in [-0.2, 0) is 0 Å². The van der Waals surface area contributed by atoms with Crippen molar-refractivity contribution in [3.05, 3.63) is 29.8 Å². The summed E-state index contributed by atoms with van der Waals surface area (Å²) in [6.45, 7) is 0. The van der Waals surface area contributed by atoms with Gasteiger partial charge in [0.25, 0.3) is 0 Å². The van der Waals surface area contributed by atoms with Crippen LogP contribution in [0.4, 0.5) is 0 Å². The van der Waals surface area contributed by atoms with Crippen molar-refractivity contribution in [2.45, 2.75) is 0 Å². The lowest BCUT2D eigenvalue weighted by atomic mass is 10.2. The van der Waals surface area contributed by atoms with Gasteiger partial charge in [-0.25, -0.2) is 0 Å². The van der Waals surface area contributed by atoms with Crippen LogP contribution in [0.1, 0.15) is 5.56 Å². The van der Waals surface area contributed by atoms with Crippen LogP contribution in [0.25, 0.3) is 0 Å². The zero-order chi connectivity index (χ0) is 9.68. The summed E-state index contributed by atoms with van der Waals surface area (Å²) in [5.74, 6) is 1.70. The van der Waals surface area contributed by atoms with Crippen molar-refractivity contribution in [1.29, 1.82) is 0 Å². The fourth-order valence-electron chi connectivity index (χ4n) is 1.16. The van der Waals surface area contributed by atoms with Gasteiger partial charge in [-0.05, 0) is 12.1 Å². The van der Waals surface area contributed by atoms with E-state index in [-0.39, 0.29) is 0 Å². The number of hydrogen-bond donors (Lipinski definition) is 1. The van der Waals surface area contributed by atoms with Gasteiger partial charge in [-0.2, -0.15) is 0 Å². The monoisotopic (exact) mass is 178 g/mol. The first-order valence-electron chi connectivity index (χ1n) is 4.10. The van der Waals surface area contributed by atoms with Crippen LogP contribution in [0.2, 0.25) is 0 Å². The van der Waals surface area contributed by atoms with E-state index in [1.807, 2.05) is 31.3 Å². The number of ether oxygens (including phenoxy) is 1. The second-order valence-electron chi connectivity index (χ2n) is 2.55. The highest BCUT2D eigenvalue weighted by atomic mass is 16.5. The Kier molecular flexibility index (Phi) is 3.31. The standard InChI is InChI=1S/C10H14N2O/c1-11-10(12-2)8-5-4-6-9(7-8)13-3/h4-7H,1-3H3,(H,11,12). The van der Waals surface area contributed by atoms with E-state index in [2.05, 4.69) is 10.3 Å². The van der Waals surface area contributed by atoms with Gasteiger partial charge in [0.2, 0.25) is 0 Å². The average molecular weight is 178 g/mol. The van der Waals surface area contributed by atoms with Crippen molar-refractivity contribution < 1.29 is 4.74 Å². The topological polar surface area (TPSA) is 33.6 Å². The lowest BCUT2D eigenvalue weighted by molar-refractivity contribution is 0.414. The van der Waals surface area contributed by atoms with Crippen molar-refractivity contribution in [1.82, 2.24) is 5.32 Å². The number of methoxy groups -OCH3 is 1. The summed E-state index contributed by atoms with van der Waals surface area (Å²) in [7, 11) is 5.26. The fraction of sp³-hybridized carbons (Fsp3) is 0.300. The third-order valence-electron chi connectivity index (χ3n) is 1.80. The summed E-state index contributed by atoms with van der Waals surface area (Å²) in [6.07, 6.45) is 0. The van der Waals surface area contributed by atoms with Crippen LogP contribution < -0.4 is 10.1 Å². The molecule has 1 rings (SSSR count). The molecule has 0 saturated carbocycles. The first-order chi connectivity index (χ1) is 6.31. The highest BCUT2D eigenvalue weighted by Crippen LogP contribution is 2.12. The van der Waals surface area contributed by atoms with Gasteiger partial charge in [0.15, 0.2) is 0 Å². The molecule has 1 aromatic carbocycles. The Morgan fingerprint density at radius 3 is 2.77 bits per heavy atom. The summed E-state index contributed by atoms with van der Waals surface area (Å²) in [5, 5.41) is 3.01. The van der Waals surface area contributed by atoms with Gasteiger partial charge >= 0.3 is 0 Å². The van der Waals surface area contributed by atoms with Crippen molar-refractivity contribution in [2.75, 3.05) is 21.2 Å². The lowest BCUT2D eigenvalue weighted by Crippen LogP contribution is -2.19. The van der Waals surface area contributed by atoms with Gasteiger partial charge in [0.1, 0.15) is 11.6 Å². The van der Waals surface area contributed by atoms with Gasteiger partial charge in [0, 0.05) is 19.7 Å². The van der Waals surface area contributed by atoms with Crippen LogP contribution >= 0.6 is 0 Å². The molecule has 0 atom stereocenters. The summed E-state index contributed by atoms with van der Waals surface area (Å²) in [4.78, 5) is 4.10. The molecule has 0 aliphatic rings. The minimum atomic E-state index is 0.842. The largest absolute Gasteiger partial charge is 0.497 e. The summed E-state index contributed by atoms with van der Waals surface area (Å²) in [6, 6.07) is 7.78. The van der Waals surface area contributed by atoms with E-state index >= 15 is 0 Å². The highest BCUT2D eigenvalue weighted by Gasteiger charge is 2.00. The van der Waals surface area contributed by atoms with Gasteiger partial charge < -0.3 is 10.1 Å². The van der Waals surface area contributed by atoms with Gasteiger partial charge in [-0.15, -0.1) is 0 Å². The van der Waals surface area contributed by atoms with E-state index in [1.165, 1.54) is 0 Å². The third-order valence-corrected chi connectivity index (χ3v) is 1.80. The van der Waals surface area contributed by atoms with Crippen molar-refractivity contribution in [2.24, 2.45) is 4.99 Å². The Morgan fingerprint density at radius 1 is 1.46 bits per heavy atom. The highest BCUT2D eigenvalue weighted by molar-refractivity contribution is 5.98. The molecule has 0 bridgehead atoms. The molecule has 0 fully saturated rings. The molecule has 3 nitrogen and oxygen atoms in total. The van der Waals surface area contributed by atoms with Gasteiger partial charge in [-0.3, -0.25) is 4.99 Å². The van der Waals surface area contributed by atoms with Crippen molar-refractivity contribution in [3.63, 3.8) is 0 Å². The van der Waals surface area contributed by atoms with E-state index in [0.29, 0.717) is 0 Å². The summed E-state index contributed by atoms with van der Waals surface area (Å²) in [5.41, 5.74) is 1.03. The molecule has 0 unspecified atom stereocenters. The second kappa shape index (κ2) is 4.50. The van der Waals surface area contributed by atoms with Gasteiger partial charge in [0.05, 0.1) is 7.11 Å². The summed E-state index contributed by atoms with van der Waals surface area (Å²) < 4.78 is 5.11. The minimum Gasteiger partial charge on any atom is -0.497 e. The Bertz CT molecular complexity index is 308. The van der Waals surface area contributed by atoms with Crippen molar-refractivity contribution >= 4 is 5.84 Å². The second-order valence-corrected chi connectivity index (χ2v) is 2.55. The van der Waals surface area contributed by atoms with E-state index in [4.69, 9.17) is 4.74 Å². The predicted octanol–water partition coefficient (Wildman–Crippen LogP) is 1.29. The minimum absolute atomic E-state index is 0.842. The third kappa shape index (κ3) is 2.21. The molecule has 13 heavy (non-hydrogen) atoms. The lowest BCUT2D eigenvalue weighted by Gasteiger charge is -2.06. The van der Waals surface area contributed by atoms with Crippen LogP contribution in [-0.4, -0.2) is 27.0 Å². The molecular weight excluding hydrogens is 164 g/mol. The maximum atomic E-state index is 5.11. The number of nitrogens with zero attached hydrogens (tertiary/aromatic N) is 1. The fourth-order valence-corrected chi connectivity index (χ4v) is 1.16. The molecule has 0 radical (unpaired) electrons. The molecule has 70 valence electrons. The van der Waals surface area contributed by atoms with Crippen LogP contribution in [0.15, 0.2) is 29.3 Å². The molecule has 0 aromatic heterocycles. The van der Waals surface area contributed by atoms with Crippen LogP contribution in [0.5, 0.6) is 5.75 Å². The van der Waals surface area contributed by atoms with Gasteiger partial charge in [-0.1, -0.05) is 12.1 Å². The Hall–Kier alpha value is -1.51. The Morgan fingerprint density at radius 2 is 2.23 bits per heavy atom. The van der Waals surface area contributed by atoms with E-state index < -0.39 is 0 Å². The number of rotatable bonds is 2. The van der Waals surface area contributed by atoms with Crippen molar-refractivity contribution in [3.8, 4) is 5.75 Å². The molecule has 0 spiro atoms. The summed E-state index contributed by atoms with van der Waals surface area (Å²) >= 11 is 0. The number of amidine groups is 1. The first-order valence-corrected chi connectivity index (χ1v) is 4.10. The van der Waals surface area contributed by atoms with E-state index in [1.54, 1.807) is 14.2 Å². The zero-order valence-electron chi connectivity index (χ0n) is 8.16. The SMILES string of the molecule is CN=C(NC)c1cccc(OC)c1. The molecule has 1 N–H and O–H groups in total. The van der Waals surface area contributed by atoms with E-state index in [9.17, 15) is 0 Å². The van der Waals surface area contributed by atoms with Crippen LogP contribution in [0.3, 0.4) is 0 Å². The molecule has 3 heteroatoms. The Balaban J connectivity index is 3.00. The normalized spacial score (nSPS) is 11.2. The maximum absolute atomic E-state index is 5.11. The smallest absolute Gasteiger partial charge is 0.127 e. The molecule has 1 aromatic rings. The quantitative estimate of drug-likeness (QED) is 0.547. The first kappa shape index (κ1) is 9.58. The van der Waals surface area contributed by atoms with Crippen LogP contribution in [0, 0.1) is 0 Å². The number of aliphatic imine (C=N–C) groups is 1. The number of benzene rings is 1. The Labute approximate surface area is 78.4 Å². The molecule has 0 amide bonds. The predicted molar refractivity (Wildman–Crippen MR) is 54.5 cm³/mol. The number of hydrogen-bond acceptors (Lipinski definition) is 2. The molecule has 0 aliphatic heterocycles. The zero-order valence-corrected chi connectivity index (χ0v) is 8.16. The molecule has 0 heterocycles. The number of nitrogens with one attached hydrogen (secondary N) is 1. The molecule has 0 aliphatic carbocycles. The molecule has 0 saturated heterocycles. The maximum Gasteiger partial charge on any atom is 0.127 e. The molecular formula is C10H14N2O. The average Bonchev–Trinajstić information content (AvgIpc) is 2.20. The van der Waals surface area contributed by atoms with E-state index in [0.717, 1.165) is 17.1 Å².